The topological polar surface area (TPSA) is 9.23 Å². The molecule has 58 valence electrons. The molecule has 0 unspecified atom stereocenters. The van der Waals surface area contributed by atoms with Gasteiger partial charge in [0.2, 0.25) is 0 Å². The fourth-order valence-corrected chi connectivity index (χ4v) is 2.41. The molecular formula is C9H16O. The molecule has 2 aliphatic rings. The molecule has 0 saturated carbocycles. The Morgan fingerprint density at radius 1 is 0.900 bits per heavy atom. The monoisotopic (exact) mass is 140 g/mol. The third kappa shape index (κ3) is 0.878. The predicted octanol–water partition coefficient (Wildman–Crippen LogP) is 2.50. The lowest BCUT2D eigenvalue weighted by Gasteiger charge is -2.35. The average molecular weight is 140 g/mol. The lowest BCUT2D eigenvalue weighted by atomic mass is 9.95. The molecule has 0 N–H and O–H groups in total. The standard InChI is InChI=1S/C9H16O/c1-8-4-3-5-9(2,10-8)7-6-8/h3-7H2,1-2H3/t8-,9+. The van der Waals surface area contributed by atoms with Crippen molar-refractivity contribution >= 4 is 0 Å². The van der Waals surface area contributed by atoms with Crippen LogP contribution in [0, 0.1) is 0 Å². The second-order valence-corrected chi connectivity index (χ2v) is 4.36. The quantitative estimate of drug-likeness (QED) is 0.502. The summed E-state index contributed by atoms with van der Waals surface area (Å²) in [6.45, 7) is 4.52. The van der Waals surface area contributed by atoms with Crippen molar-refractivity contribution in [1.82, 2.24) is 0 Å². The smallest absolute Gasteiger partial charge is 0.0663 e. The van der Waals surface area contributed by atoms with Crippen LogP contribution in [0.15, 0.2) is 0 Å². The third-order valence-electron chi connectivity index (χ3n) is 3.09. The first kappa shape index (κ1) is 6.66. The predicted molar refractivity (Wildman–Crippen MR) is 41.0 cm³/mol. The summed E-state index contributed by atoms with van der Waals surface area (Å²) >= 11 is 0. The lowest BCUT2D eigenvalue weighted by Crippen LogP contribution is -2.35. The Hall–Kier alpha value is -0.0400. The van der Waals surface area contributed by atoms with Gasteiger partial charge in [-0.05, 0) is 46.0 Å². The molecule has 2 saturated heterocycles. The van der Waals surface area contributed by atoms with E-state index in [2.05, 4.69) is 13.8 Å². The number of ether oxygens (including phenoxy) is 1. The van der Waals surface area contributed by atoms with Gasteiger partial charge in [-0.1, -0.05) is 0 Å². The normalized spacial score (nSPS) is 53.4. The first-order chi connectivity index (χ1) is 4.62. The maximum Gasteiger partial charge on any atom is 0.0663 e. The SMILES string of the molecule is C[C@]12CCC[C@](C)(CC1)O2. The third-order valence-corrected chi connectivity index (χ3v) is 3.09. The molecule has 0 radical (unpaired) electrons. The van der Waals surface area contributed by atoms with E-state index in [0.717, 1.165) is 0 Å². The lowest BCUT2D eigenvalue weighted by molar-refractivity contribution is -0.120. The van der Waals surface area contributed by atoms with Crippen molar-refractivity contribution in [1.29, 1.82) is 0 Å². The highest BCUT2D eigenvalue weighted by Crippen LogP contribution is 2.47. The summed E-state index contributed by atoms with van der Waals surface area (Å²) < 4.78 is 5.97. The van der Waals surface area contributed by atoms with Gasteiger partial charge < -0.3 is 4.74 Å². The van der Waals surface area contributed by atoms with Gasteiger partial charge in [-0.3, -0.25) is 0 Å². The molecule has 2 heterocycles. The summed E-state index contributed by atoms with van der Waals surface area (Å²) in [5.74, 6) is 0. The number of rotatable bonds is 0. The van der Waals surface area contributed by atoms with E-state index in [-0.39, 0.29) is 11.2 Å². The van der Waals surface area contributed by atoms with Gasteiger partial charge in [0.1, 0.15) is 0 Å². The van der Waals surface area contributed by atoms with Crippen molar-refractivity contribution < 1.29 is 4.74 Å². The van der Waals surface area contributed by atoms with Crippen molar-refractivity contribution in [3.05, 3.63) is 0 Å². The van der Waals surface area contributed by atoms with E-state index < -0.39 is 0 Å². The minimum atomic E-state index is 0.257. The van der Waals surface area contributed by atoms with Crippen LogP contribution in [0.2, 0.25) is 0 Å². The van der Waals surface area contributed by atoms with E-state index in [4.69, 9.17) is 4.74 Å². The second-order valence-electron chi connectivity index (χ2n) is 4.36. The number of hydrogen-bond acceptors (Lipinski definition) is 1. The summed E-state index contributed by atoms with van der Waals surface area (Å²) in [5, 5.41) is 0. The zero-order valence-electron chi connectivity index (χ0n) is 6.94. The Labute approximate surface area is 62.8 Å². The molecule has 1 nitrogen and oxygen atoms in total. The summed E-state index contributed by atoms with van der Waals surface area (Å²) in [6, 6.07) is 0. The Morgan fingerprint density at radius 2 is 1.40 bits per heavy atom. The van der Waals surface area contributed by atoms with Crippen molar-refractivity contribution in [2.75, 3.05) is 0 Å². The van der Waals surface area contributed by atoms with Crippen LogP contribution in [0.25, 0.3) is 0 Å². The van der Waals surface area contributed by atoms with Crippen LogP contribution in [0.5, 0.6) is 0 Å². The van der Waals surface area contributed by atoms with Crippen LogP contribution >= 0.6 is 0 Å². The van der Waals surface area contributed by atoms with Crippen LogP contribution in [0.4, 0.5) is 0 Å². The number of hydrogen-bond donors (Lipinski definition) is 0. The van der Waals surface area contributed by atoms with Gasteiger partial charge in [-0.25, -0.2) is 0 Å². The zero-order chi connectivity index (χ0) is 7.24. The molecule has 0 aromatic carbocycles. The molecule has 0 aromatic rings. The molecule has 1 heteroatoms. The summed E-state index contributed by atoms with van der Waals surface area (Å²) in [7, 11) is 0. The van der Waals surface area contributed by atoms with Crippen LogP contribution in [-0.2, 0) is 4.74 Å². The fourth-order valence-electron chi connectivity index (χ4n) is 2.41. The highest BCUT2D eigenvalue weighted by Gasteiger charge is 2.46. The molecule has 0 aromatic heterocycles. The molecule has 0 amide bonds. The molecule has 2 atom stereocenters. The summed E-state index contributed by atoms with van der Waals surface area (Å²) in [6.07, 6.45) is 6.49. The van der Waals surface area contributed by atoms with Crippen LogP contribution < -0.4 is 0 Å². The van der Waals surface area contributed by atoms with Crippen LogP contribution in [-0.4, -0.2) is 11.2 Å². The van der Waals surface area contributed by atoms with Crippen LogP contribution in [0.3, 0.4) is 0 Å². The maximum atomic E-state index is 5.97. The minimum absolute atomic E-state index is 0.257. The first-order valence-electron chi connectivity index (χ1n) is 4.32. The molecule has 2 aliphatic heterocycles. The molecule has 2 bridgehead atoms. The van der Waals surface area contributed by atoms with Crippen LogP contribution in [0.1, 0.15) is 46.0 Å². The number of fused-ring (bicyclic) bond motifs is 2. The molecular weight excluding hydrogens is 124 g/mol. The van der Waals surface area contributed by atoms with Gasteiger partial charge in [0.05, 0.1) is 11.2 Å². The van der Waals surface area contributed by atoms with E-state index in [9.17, 15) is 0 Å². The highest BCUT2D eigenvalue weighted by atomic mass is 16.5. The molecule has 0 aliphatic carbocycles. The van der Waals surface area contributed by atoms with E-state index in [1.54, 1.807) is 0 Å². The van der Waals surface area contributed by atoms with E-state index >= 15 is 0 Å². The molecule has 0 spiro atoms. The van der Waals surface area contributed by atoms with Crippen molar-refractivity contribution in [2.24, 2.45) is 0 Å². The first-order valence-corrected chi connectivity index (χ1v) is 4.32. The van der Waals surface area contributed by atoms with Gasteiger partial charge in [0.25, 0.3) is 0 Å². The Bertz CT molecular complexity index is 139. The van der Waals surface area contributed by atoms with Gasteiger partial charge in [0.15, 0.2) is 0 Å². The Kier molecular flexibility index (Phi) is 1.17. The van der Waals surface area contributed by atoms with Gasteiger partial charge in [-0.15, -0.1) is 0 Å². The maximum absolute atomic E-state index is 5.97. The van der Waals surface area contributed by atoms with E-state index in [1.807, 2.05) is 0 Å². The zero-order valence-corrected chi connectivity index (χ0v) is 6.94. The highest BCUT2D eigenvalue weighted by molar-refractivity contribution is 4.96. The van der Waals surface area contributed by atoms with Crippen molar-refractivity contribution in [2.45, 2.75) is 57.2 Å². The average Bonchev–Trinajstić information content (AvgIpc) is 2.03. The second kappa shape index (κ2) is 1.76. The summed E-state index contributed by atoms with van der Waals surface area (Å²) in [4.78, 5) is 0. The van der Waals surface area contributed by atoms with Gasteiger partial charge >= 0.3 is 0 Å². The van der Waals surface area contributed by atoms with Crippen molar-refractivity contribution in [3.63, 3.8) is 0 Å². The van der Waals surface area contributed by atoms with E-state index in [1.165, 1.54) is 32.1 Å². The van der Waals surface area contributed by atoms with Gasteiger partial charge in [0, 0.05) is 0 Å². The molecule has 2 rings (SSSR count). The molecule has 2 fully saturated rings. The van der Waals surface area contributed by atoms with Crippen molar-refractivity contribution in [3.8, 4) is 0 Å². The van der Waals surface area contributed by atoms with E-state index in [0.29, 0.717) is 0 Å². The molecule has 10 heavy (non-hydrogen) atoms. The van der Waals surface area contributed by atoms with Gasteiger partial charge in [-0.2, -0.15) is 0 Å². The Morgan fingerprint density at radius 3 is 1.80 bits per heavy atom. The summed E-state index contributed by atoms with van der Waals surface area (Å²) in [5.41, 5.74) is 0.514. The minimum Gasteiger partial charge on any atom is -0.369 e. The largest absolute Gasteiger partial charge is 0.369 e. The Balaban J connectivity index is 2.20. The fraction of sp³-hybridized carbons (Fsp3) is 1.00.